The second-order valence-electron chi connectivity index (χ2n) is 4.52. The van der Waals surface area contributed by atoms with E-state index >= 15 is 0 Å². The summed E-state index contributed by atoms with van der Waals surface area (Å²) in [5.41, 5.74) is 0.887. The predicted octanol–water partition coefficient (Wildman–Crippen LogP) is -0.404. The van der Waals surface area contributed by atoms with Crippen molar-refractivity contribution in [2.24, 2.45) is 0 Å². The van der Waals surface area contributed by atoms with E-state index in [0.717, 1.165) is 4.90 Å². The van der Waals surface area contributed by atoms with Crippen LogP contribution in [0.4, 0.5) is 0 Å². The molecule has 0 N–H and O–H groups in total. The lowest BCUT2D eigenvalue weighted by atomic mass is 10.1. The maximum atomic E-state index is 11.8. The summed E-state index contributed by atoms with van der Waals surface area (Å²) in [5.74, 6) is -2.22. The number of benzene rings is 1. The number of likely N-dealkylation sites (tertiary alicyclic amines) is 1. The van der Waals surface area contributed by atoms with Gasteiger partial charge < -0.3 is 14.6 Å². The summed E-state index contributed by atoms with van der Waals surface area (Å²) in [6.07, 6.45) is -0.659. The Kier molecular flexibility index (Phi) is 2.51. The Morgan fingerprint density at radius 1 is 1.32 bits per heavy atom. The lowest BCUT2D eigenvalue weighted by molar-refractivity contribution is -0.312. The number of carbonyl (C=O) groups excluding carboxylic acids is 3. The highest BCUT2D eigenvalue weighted by molar-refractivity contribution is 5.95. The van der Waals surface area contributed by atoms with Gasteiger partial charge in [0.05, 0.1) is 17.6 Å². The Balaban J connectivity index is 2.01. The molecule has 2 atom stereocenters. The molecule has 19 heavy (non-hydrogen) atoms. The van der Waals surface area contributed by atoms with Gasteiger partial charge in [0.15, 0.2) is 0 Å². The minimum Gasteiger partial charge on any atom is -0.548 e. The van der Waals surface area contributed by atoms with E-state index in [2.05, 4.69) is 0 Å². The molecule has 1 amide bonds. The van der Waals surface area contributed by atoms with E-state index in [0.29, 0.717) is 11.1 Å². The van der Waals surface area contributed by atoms with Gasteiger partial charge in [0.2, 0.25) is 12.1 Å². The predicted molar refractivity (Wildman–Crippen MR) is 59.5 cm³/mol. The maximum Gasteiger partial charge on any atom is 0.340 e. The SMILES string of the molecule is O=C1O[C@H](N2C(=O)CC[C@H]2C(=O)[O-])c2ccccc21. The number of hydrogen-bond donors (Lipinski definition) is 0. The van der Waals surface area contributed by atoms with Crippen LogP contribution in [0.1, 0.15) is 35.0 Å². The van der Waals surface area contributed by atoms with Crippen molar-refractivity contribution in [2.45, 2.75) is 25.1 Å². The van der Waals surface area contributed by atoms with E-state index in [4.69, 9.17) is 4.74 Å². The third kappa shape index (κ3) is 1.68. The Bertz CT molecular complexity index is 582. The first kappa shape index (κ1) is 11.7. The number of aliphatic carboxylic acids is 1. The molecule has 0 aliphatic carbocycles. The van der Waals surface area contributed by atoms with Crippen LogP contribution >= 0.6 is 0 Å². The molecule has 0 saturated carbocycles. The van der Waals surface area contributed by atoms with Gasteiger partial charge in [-0.25, -0.2) is 4.79 Å². The largest absolute Gasteiger partial charge is 0.548 e. The van der Waals surface area contributed by atoms with E-state index in [-0.39, 0.29) is 18.7 Å². The molecule has 98 valence electrons. The van der Waals surface area contributed by atoms with Crippen LogP contribution in [0.2, 0.25) is 0 Å². The van der Waals surface area contributed by atoms with Crippen molar-refractivity contribution in [1.82, 2.24) is 4.90 Å². The Morgan fingerprint density at radius 3 is 2.79 bits per heavy atom. The highest BCUT2D eigenvalue weighted by Crippen LogP contribution is 2.37. The molecule has 6 heteroatoms. The molecular weight excluding hydrogens is 250 g/mol. The molecule has 1 aromatic carbocycles. The zero-order valence-corrected chi connectivity index (χ0v) is 9.87. The number of carboxylic acid groups (broad SMARTS) is 1. The van der Waals surface area contributed by atoms with Crippen molar-refractivity contribution in [3.05, 3.63) is 35.4 Å². The van der Waals surface area contributed by atoms with E-state index in [1.54, 1.807) is 24.3 Å². The van der Waals surface area contributed by atoms with Crippen molar-refractivity contribution in [1.29, 1.82) is 0 Å². The fourth-order valence-corrected chi connectivity index (χ4v) is 2.56. The van der Waals surface area contributed by atoms with Crippen molar-refractivity contribution >= 4 is 17.8 Å². The minimum atomic E-state index is -1.33. The number of carbonyl (C=O) groups is 3. The first-order valence-electron chi connectivity index (χ1n) is 5.91. The number of cyclic esters (lactones) is 1. The number of esters is 1. The van der Waals surface area contributed by atoms with Crippen LogP contribution in [0.3, 0.4) is 0 Å². The maximum absolute atomic E-state index is 11.8. The smallest absolute Gasteiger partial charge is 0.340 e. The van der Waals surface area contributed by atoms with Crippen LogP contribution in [-0.4, -0.2) is 28.8 Å². The number of hydrogen-bond acceptors (Lipinski definition) is 5. The van der Waals surface area contributed by atoms with E-state index in [9.17, 15) is 19.5 Å². The molecule has 1 saturated heterocycles. The third-order valence-corrected chi connectivity index (χ3v) is 3.45. The topological polar surface area (TPSA) is 86.7 Å². The molecule has 3 rings (SSSR count). The van der Waals surface area contributed by atoms with Crippen molar-refractivity contribution in [3.63, 3.8) is 0 Å². The van der Waals surface area contributed by atoms with Crippen molar-refractivity contribution in [2.75, 3.05) is 0 Å². The zero-order valence-electron chi connectivity index (χ0n) is 9.87. The van der Waals surface area contributed by atoms with Crippen LogP contribution < -0.4 is 5.11 Å². The van der Waals surface area contributed by atoms with Gasteiger partial charge in [0.1, 0.15) is 0 Å². The molecule has 0 unspecified atom stereocenters. The van der Waals surface area contributed by atoms with Gasteiger partial charge in [-0.2, -0.15) is 0 Å². The summed E-state index contributed by atoms with van der Waals surface area (Å²) in [4.78, 5) is 35.7. The minimum absolute atomic E-state index is 0.120. The first-order valence-corrected chi connectivity index (χ1v) is 5.91. The van der Waals surface area contributed by atoms with Gasteiger partial charge in [0.25, 0.3) is 0 Å². The van der Waals surface area contributed by atoms with E-state index in [1.165, 1.54) is 0 Å². The summed E-state index contributed by atoms with van der Waals surface area (Å²) in [7, 11) is 0. The van der Waals surface area contributed by atoms with Gasteiger partial charge in [-0.3, -0.25) is 9.69 Å². The van der Waals surface area contributed by atoms with Gasteiger partial charge in [-0.15, -0.1) is 0 Å². The van der Waals surface area contributed by atoms with Crippen LogP contribution in [0.15, 0.2) is 24.3 Å². The Hall–Kier alpha value is -2.37. The lowest BCUT2D eigenvalue weighted by Crippen LogP contribution is -2.47. The Labute approximate surface area is 108 Å². The number of carboxylic acids is 1. The highest BCUT2D eigenvalue weighted by atomic mass is 16.6. The highest BCUT2D eigenvalue weighted by Gasteiger charge is 2.43. The molecule has 0 aromatic heterocycles. The average molecular weight is 260 g/mol. The van der Waals surface area contributed by atoms with Gasteiger partial charge >= 0.3 is 5.97 Å². The molecule has 0 spiro atoms. The fraction of sp³-hybridized carbons (Fsp3) is 0.308. The molecule has 0 bridgehead atoms. The normalized spacial score (nSPS) is 25.4. The van der Waals surface area contributed by atoms with E-state index < -0.39 is 24.2 Å². The fourth-order valence-electron chi connectivity index (χ4n) is 2.56. The summed E-state index contributed by atoms with van der Waals surface area (Å²) >= 11 is 0. The summed E-state index contributed by atoms with van der Waals surface area (Å²) < 4.78 is 5.14. The molecule has 0 radical (unpaired) electrons. The zero-order chi connectivity index (χ0) is 13.6. The van der Waals surface area contributed by atoms with Crippen LogP contribution in [0, 0.1) is 0 Å². The monoisotopic (exact) mass is 260 g/mol. The number of rotatable bonds is 2. The molecule has 2 aliphatic heterocycles. The molecular formula is C13H10NO5-. The quantitative estimate of drug-likeness (QED) is 0.675. The number of amides is 1. The van der Waals surface area contributed by atoms with Crippen LogP contribution in [-0.2, 0) is 14.3 Å². The van der Waals surface area contributed by atoms with E-state index in [1.807, 2.05) is 0 Å². The molecule has 2 heterocycles. The first-order chi connectivity index (χ1) is 9.09. The molecule has 2 aliphatic rings. The lowest BCUT2D eigenvalue weighted by Gasteiger charge is -2.30. The number of nitrogens with zero attached hydrogens (tertiary/aromatic N) is 1. The van der Waals surface area contributed by atoms with Gasteiger partial charge in [-0.1, -0.05) is 18.2 Å². The van der Waals surface area contributed by atoms with Gasteiger partial charge in [-0.05, 0) is 12.5 Å². The molecule has 1 aromatic rings. The third-order valence-electron chi connectivity index (χ3n) is 3.45. The number of ether oxygens (including phenoxy) is 1. The number of fused-ring (bicyclic) bond motifs is 1. The van der Waals surface area contributed by atoms with Gasteiger partial charge in [0, 0.05) is 12.0 Å². The standard InChI is InChI=1S/C13H11NO5/c15-10-6-5-9(12(16)17)14(10)11-7-3-1-2-4-8(7)13(18)19-11/h1-4,9,11H,5-6H2,(H,16,17)/p-1/t9-,11-/m0/s1. The Morgan fingerprint density at radius 2 is 2.05 bits per heavy atom. The van der Waals surface area contributed by atoms with Crippen molar-refractivity contribution < 1.29 is 24.2 Å². The second-order valence-corrected chi connectivity index (χ2v) is 4.52. The van der Waals surface area contributed by atoms with Crippen LogP contribution in [0.25, 0.3) is 0 Å². The molecule has 1 fully saturated rings. The summed E-state index contributed by atoms with van der Waals surface area (Å²) in [6.45, 7) is 0. The average Bonchev–Trinajstić information content (AvgIpc) is 2.91. The molecule has 6 nitrogen and oxygen atoms in total. The summed E-state index contributed by atoms with van der Waals surface area (Å²) in [5, 5.41) is 11.1. The van der Waals surface area contributed by atoms with Crippen LogP contribution in [0.5, 0.6) is 0 Å². The summed E-state index contributed by atoms with van der Waals surface area (Å²) in [6, 6.07) is 5.60. The second kappa shape index (κ2) is 4.08. The van der Waals surface area contributed by atoms with Crippen molar-refractivity contribution in [3.8, 4) is 0 Å².